The van der Waals surface area contributed by atoms with Gasteiger partial charge in [0, 0.05) is 190 Å². The molecule has 0 saturated heterocycles. The Hall–Kier alpha value is -8.85. The second-order valence-electron chi connectivity index (χ2n) is 29.0. The molecule has 6 aromatic carbocycles. The highest BCUT2D eigenvalue weighted by Gasteiger charge is 2.30. The Kier molecular flexibility index (Phi) is 19.5. The van der Waals surface area contributed by atoms with Gasteiger partial charge in [-0.15, -0.1) is 0 Å². The van der Waals surface area contributed by atoms with Gasteiger partial charge in [0.05, 0.1) is 21.3 Å². The smallest absolute Gasteiger partial charge is 0.146 e. The first kappa shape index (κ1) is 67.1. The Balaban J connectivity index is 1.32. The molecule has 3 aromatic heterocycles. The summed E-state index contributed by atoms with van der Waals surface area (Å²) in [4.78, 5) is 20.8. The third kappa shape index (κ3) is 14.8. The molecule has 93 heavy (non-hydrogen) atoms. The molecule has 1 aliphatic rings. The number of hydrogen-bond acceptors (Lipinski definition) is 12. The first-order valence-electron chi connectivity index (χ1n) is 32.4. The predicted molar refractivity (Wildman–Crippen MR) is 377 cm³/mol. The summed E-state index contributed by atoms with van der Waals surface area (Å²) < 4.78 is 48.2. The van der Waals surface area contributed by atoms with Crippen LogP contribution in [0.4, 0.5) is 17.1 Å². The van der Waals surface area contributed by atoms with Gasteiger partial charge in [0.2, 0.25) is 0 Å². The Morgan fingerprint density at radius 1 is 0.323 bits per heavy atom. The molecule has 0 N–H and O–H groups in total. The molecular formula is C78H99N9O6. The van der Waals surface area contributed by atoms with Gasteiger partial charge in [-0.25, -0.2) is 15.0 Å². The molecule has 0 spiro atoms. The van der Waals surface area contributed by atoms with E-state index in [9.17, 15) is 0 Å². The molecule has 10 rings (SSSR count). The summed E-state index contributed by atoms with van der Waals surface area (Å²) in [6.07, 6.45) is 14.4. The van der Waals surface area contributed by atoms with E-state index >= 15 is 0 Å². The number of imidazole rings is 3. The van der Waals surface area contributed by atoms with Crippen LogP contribution in [0.15, 0.2) is 110 Å². The lowest BCUT2D eigenvalue weighted by atomic mass is 9.81. The summed E-state index contributed by atoms with van der Waals surface area (Å²) in [6.45, 7) is 21.3. The van der Waals surface area contributed by atoms with Crippen molar-refractivity contribution < 1.29 is 28.4 Å². The fourth-order valence-electron chi connectivity index (χ4n) is 12.7. The molecule has 0 saturated carbocycles. The number of hydrogen-bond donors (Lipinski definition) is 0. The highest BCUT2D eigenvalue weighted by molar-refractivity contribution is 5.66. The number of ether oxygens (including phenoxy) is 6. The fraction of sp³-hybridized carbons (Fsp3) is 0.423. The van der Waals surface area contributed by atoms with E-state index < -0.39 is 0 Å². The first-order chi connectivity index (χ1) is 44.0. The maximum absolute atomic E-state index is 7.29. The van der Waals surface area contributed by atoms with E-state index in [4.69, 9.17) is 43.4 Å². The van der Waals surface area contributed by atoms with Gasteiger partial charge in [0.15, 0.2) is 0 Å². The lowest BCUT2D eigenvalue weighted by Gasteiger charge is -2.28. The number of fused-ring (bicyclic) bond motifs is 12. The average Bonchev–Trinajstić information content (AvgIpc) is 1.18. The quantitative estimate of drug-likeness (QED) is 0.0972. The van der Waals surface area contributed by atoms with Gasteiger partial charge in [-0.3, -0.25) is 0 Å². The molecule has 0 atom stereocenters. The molecule has 15 heteroatoms. The molecule has 0 amide bonds. The van der Waals surface area contributed by atoms with Gasteiger partial charge in [0.1, 0.15) is 71.8 Å². The van der Waals surface area contributed by atoms with E-state index in [-0.39, 0.29) is 36.1 Å². The monoisotopic (exact) mass is 1260 g/mol. The number of nitrogens with zero attached hydrogens (tertiary/aromatic N) is 9. The topological polar surface area (TPSA) is 119 Å². The van der Waals surface area contributed by atoms with Crippen LogP contribution in [-0.4, -0.2) is 92.3 Å². The molecule has 0 fully saturated rings. The summed E-state index contributed by atoms with van der Waals surface area (Å²) in [5.74, 6) is 7.27. The number of aryl methyl sites for hydroxylation is 3. The van der Waals surface area contributed by atoms with Crippen LogP contribution in [0.25, 0.3) is 0 Å². The number of benzene rings is 6. The van der Waals surface area contributed by atoms with Crippen molar-refractivity contribution in [2.24, 2.45) is 21.1 Å². The second kappa shape index (κ2) is 27.0. The maximum Gasteiger partial charge on any atom is 0.146 e. The SMILES string of the molecule is COc1c2cc(N(C)C)cc1Cc1cc(C(C)(C)C)cc(c1OCc1nccn1C)Cc1cc(N(C)C)cc(c1OC)Cc1cc(C(C)(C)C)cc(c1OCc1nccn1C)Cc1cc(N(C)C)cc(c1OC)Cc1cc(C(C)(C)C)cc(c1OCc1nccn1C)C2. The third-order valence-corrected chi connectivity index (χ3v) is 18.3. The predicted octanol–water partition coefficient (Wildman–Crippen LogP) is 14.6. The van der Waals surface area contributed by atoms with Crippen molar-refractivity contribution in [3.63, 3.8) is 0 Å². The normalized spacial score (nSPS) is 12.9. The van der Waals surface area contributed by atoms with Crippen LogP contribution < -0.4 is 43.1 Å². The zero-order valence-electron chi connectivity index (χ0n) is 59.2. The summed E-state index contributed by atoms with van der Waals surface area (Å²) in [5.41, 5.74) is 18.4. The minimum Gasteiger partial charge on any atom is -0.496 e. The van der Waals surface area contributed by atoms with Crippen molar-refractivity contribution in [1.29, 1.82) is 0 Å². The van der Waals surface area contributed by atoms with E-state index in [0.29, 0.717) is 38.5 Å². The number of methoxy groups -OCH3 is 3. The molecule has 3 heterocycles. The van der Waals surface area contributed by atoms with Crippen LogP contribution >= 0.6 is 0 Å². The standard InChI is InChI=1S/C78H99N9O6/c1-76(2,3)61-34-49-28-55-40-64(82(10)11)42-57(70(55)88-19)30-51-36-62(77(4,5)6)38-53(74(51)92-47-68-80-23-26-86(68)17)32-59-44-66(84(14)15)45-60(72(59)90-21)33-54-39-63(78(7,8)9)37-52(75(54)93-48-69-81-24-27-87(69)18)31-58-43-65(83(12)13)41-56(71(58)89-20)29-50(35-61)73(49)91-46-67-79-22-25-85(67)16/h22-27,34-45H,28-33,46-48H2,1-21H3. The largest absolute Gasteiger partial charge is 0.496 e. The van der Waals surface area contributed by atoms with Crippen LogP contribution in [0, 0.1) is 0 Å². The molecule has 0 radical (unpaired) electrons. The lowest BCUT2D eigenvalue weighted by molar-refractivity contribution is 0.286. The molecular weight excluding hydrogens is 1160 g/mol. The summed E-state index contributed by atoms with van der Waals surface area (Å²) in [6, 6.07) is 27.8. The third-order valence-electron chi connectivity index (χ3n) is 18.3. The van der Waals surface area contributed by atoms with E-state index in [1.54, 1.807) is 21.3 Å². The van der Waals surface area contributed by atoms with Crippen LogP contribution in [0.2, 0.25) is 0 Å². The second-order valence-corrected chi connectivity index (χ2v) is 29.0. The highest BCUT2D eigenvalue weighted by atomic mass is 16.5. The van der Waals surface area contributed by atoms with Gasteiger partial charge in [-0.05, 0) is 103 Å². The van der Waals surface area contributed by atoms with Crippen LogP contribution in [0.5, 0.6) is 34.5 Å². The Morgan fingerprint density at radius 2 is 0.516 bits per heavy atom. The van der Waals surface area contributed by atoms with E-state index in [2.05, 4.69) is 192 Å². The van der Waals surface area contributed by atoms with Gasteiger partial charge in [0.25, 0.3) is 0 Å². The highest BCUT2D eigenvalue weighted by Crippen LogP contribution is 2.46. The maximum atomic E-state index is 7.29. The van der Waals surface area contributed by atoms with Crippen LogP contribution in [0.3, 0.4) is 0 Å². The molecule has 492 valence electrons. The van der Waals surface area contributed by atoms with E-state index in [1.165, 1.54) is 16.7 Å². The zero-order chi connectivity index (χ0) is 67.0. The van der Waals surface area contributed by atoms with Crippen LogP contribution in [-0.2, 0) is 95.7 Å². The van der Waals surface area contributed by atoms with Crippen molar-refractivity contribution in [3.8, 4) is 34.5 Å². The summed E-state index contributed by atoms with van der Waals surface area (Å²) >= 11 is 0. The van der Waals surface area contributed by atoms with Gasteiger partial charge < -0.3 is 56.8 Å². The number of rotatable bonds is 15. The van der Waals surface area contributed by atoms with Crippen molar-refractivity contribution in [2.45, 2.75) is 137 Å². The number of anilines is 3. The number of aromatic nitrogens is 6. The Morgan fingerprint density at radius 3 is 0.667 bits per heavy atom. The lowest BCUT2D eigenvalue weighted by Crippen LogP contribution is -2.17. The van der Waals surface area contributed by atoms with Gasteiger partial charge in [-0.2, -0.15) is 0 Å². The molecule has 1 aliphatic carbocycles. The van der Waals surface area contributed by atoms with Gasteiger partial charge >= 0.3 is 0 Å². The molecule has 9 aromatic rings. The van der Waals surface area contributed by atoms with Crippen molar-refractivity contribution in [2.75, 3.05) is 78.3 Å². The Labute approximate surface area is 553 Å². The summed E-state index contributed by atoms with van der Waals surface area (Å²) in [5, 5.41) is 0. The zero-order valence-corrected chi connectivity index (χ0v) is 59.2. The minimum atomic E-state index is -0.244. The molecule has 12 bridgehead atoms. The minimum absolute atomic E-state index is 0.244. The van der Waals surface area contributed by atoms with Crippen molar-refractivity contribution in [1.82, 2.24) is 28.7 Å². The van der Waals surface area contributed by atoms with E-state index in [0.717, 1.165) is 136 Å². The first-order valence-corrected chi connectivity index (χ1v) is 32.4. The van der Waals surface area contributed by atoms with E-state index in [1.807, 2.05) is 72.0 Å². The van der Waals surface area contributed by atoms with Gasteiger partial charge in [-0.1, -0.05) is 98.7 Å². The van der Waals surface area contributed by atoms with Crippen molar-refractivity contribution >= 4 is 17.1 Å². The molecule has 0 unspecified atom stereocenters. The average molecular weight is 1260 g/mol. The summed E-state index contributed by atoms with van der Waals surface area (Å²) in [7, 11) is 24.1. The fourth-order valence-corrected chi connectivity index (χ4v) is 12.7. The molecule has 15 nitrogen and oxygen atoms in total. The molecule has 0 aliphatic heterocycles. The van der Waals surface area contributed by atoms with Crippen molar-refractivity contribution in [3.05, 3.63) is 211 Å². The van der Waals surface area contributed by atoms with Crippen LogP contribution in [0.1, 0.15) is 163 Å². The Bertz CT molecular complexity index is 3600.